The van der Waals surface area contributed by atoms with Crippen molar-refractivity contribution in [3.8, 4) is 11.3 Å². The number of aryl methyl sites for hydroxylation is 1. The first-order valence-corrected chi connectivity index (χ1v) is 7.90. The number of benzene rings is 1. The van der Waals surface area contributed by atoms with Crippen molar-refractivity contribution in [2.24, 2.45) is 10.2 Å². The van der Waals surface area contributed by atoms with E-state index in [9.17, 15) is 14.9 Å². The number of nitro groups is 1. The Hall–Kier alpha value is -2.94. The molecular formula is C15H12N4O4S. The van der Waals surface area contributed by atoms with Crippen LogP contribution in [0.3, 0.4) is 0 Å². The Balaban J connectivity index is 1.75. The first-order valence-electron chi connectivity index (χ1n) is 6.92. The fraction of sp³-hybridized carbons (Fsp3) is 0.133. The number of thioether (sulfide) groups is 1. The lowest BCUT2D eigenvalue weighted by molar-refractivity contribution is -0.385. The average molecular weight is 344 g/mol. The van der Waals surface area contributed by atoms with Crippen LogP contribution in [-0.2, 0) is 4.79 Å². The quantitative estimate of drug-likeness (QED) is 0.521. The van der Waals surface area contributed by atoms with Gasteiger partial charge in [-0.05, 0) is 31.2 Å². The number of nitro benzene ring substituents is 1. The van der Waals surface area contributed by atoms with Gasteiger partial charge < -0.3 is 9.73 Å². The number of nitrogens with one attached hydrogen (secondary N) is 1. The average Bonchev–Trinajstić information content (AvgIpc) is 3.16. The number of rotatable bonds is 4. The second kappa shape index (κ2) is 6.67. The second-order valence-corrected chi connectivity index (χ2v) is 5.91. The summed E-state index contributed by atoms with van der Waals surface area (Å²) in [6.07, 6.45) is 1.43. The first-order chi connectivity index (χ1) is 11.5. The number of hydrogen-bond donors (Lipinski definition) is 1. The summed E-state index contributed by atoms with van der Waals surface area (Å²) in [5.41, 5.74) is 1.37. The number of furan rings is 1. The van der Waals surface area contributed by atoms with E-state index in [1.165, 1.54) is 24.0 Å². The van der Waals surface area contributed by atoms with Crippen LogP contribution in [0.1, 0.15) is 11.3 Å². The normalized spacial score (nSPS) is 16.0. The van der Waals surface area contributed by atoms with Gasteiger partial charge >= 0.3 is 0 Å². The molecule has 1 aliphatic rings. The summed E-state index contributed by atoms with van der Waals surface area (Å²) in [4.78, 5) is 21.4. The summed E-state index contributed by atoms with van der Waals surface area (Å²) in [7, 11) is 0. The van der Waals surface area contributed by atoms with Crippen molar-refractivity contribution in [2.45, 2.75) is 6.92 Å². The Bertz CT molecular complexity index is 872. The van der Waals surface area contributed by atoms with Gasteiger partial charge in [0.25, 0.3) is 5.69 Å². The molecule has 0 saturated carbocycles. The number of hydrogen-bond acceptors (Lipinski definition) is 7. The van der Waals surface area contributed by atoms with Gasteiger partial charge in [0.2, 0.25) is 5.91 Å². The summed E-state index contributed by atoms with van der Waals surface area (Å²) >= 11 is 1.28. The highest BCUT2D eigenvalue weighted by molar-refractivity contribution is 8.15. The molecule has 1 aromatic carbocycles. The van der Waals surface area contributed by atoms with E-state index in [-0.39, 0.29) is 11.6 Å². The molecule has 1 amide bonds. The molecular weight excluding hydrogens is 332 g/mol. The van der Waals surface area contributed by atoms with Crippen molar-refractivity contribution in [3.63, 3.8) is 0 Å². The molecule has 0 radical (unpaired) electrons. The number of amidine groups is 1. The second-order valence-electron chi connectivity index (χ2n) is 4.95. The van der Waals surface area contributed by atoms with E-state index in [1.807, 2.05) is 0 Å². The monoisotopic (exact) mass is 344 g/mol. The number of amides is 1. The summed E-state index contributed by atoms with van der Waals surface area (Å²) in [6.45, 7) is 1.68. The third-order valence-electron chi connectivity index (χ3n) is 3.22. The SMILES string of the molecule is Cc1cc(-c2ccc(C=N/N=C3/NC(=O)CS3)o2)ccc1[N+](=O)[O-]. The highest BCUT2D eigenvalue weighted by Gasteiger charge is 2.16. The topological polar surface area (TPSA) is 110 Å². The van der Waals surface area contributed by atoms with E-state index in [1.54, 1.807) is 31.2 Å². The molecule has 0 aliphatic carbocycles. The van der Waals surface area contributed by atoms with Gasteiger partial charge in [-0.3, -0.25) is 14.9 Å². The predicted octanol–water partition coefficient (Wildman–Crippen LogP) is 2.72. The molecule has 1 fully saturated rings. The zero-order valence-corrected chi connectivity index (χ0v) is 13.4. The van der Waals surface area contributed by atoms with Crippen LogP contribution in [0.25, 0.3) is 11.3 Å². The lowest BCUT2D eigenvalue weighted by Crippen LogP contribution is -2.19. The van der Waals surface area contributed by atoms with Crippen LogP contribution in [0.5, 0.6) is 0 Å². The summed E-state index contributed by atoms with van der Waals surface area (Å²) in [5.74, 6) is 1.31. The molecule has 1 saturated heterocycles. The minimum absolute atomic E-state index is 0.0685. The van der Waals surface area contributed by atoms with Crippen LogP contribution in [0, 0.1) is 17.0 Å². The van der Waals surface area contributed by atoms with Gasteiger partial charge in [0.1, 0.15) is 11.5 Å². The van der Waals surface area contributed by atoms with E-state index in [0.29, 0.717) is 28.0 Å². The van der Waals surface area contributed by atoms with Crippen molar-refractivity contribution in [3.05, 3.63) is 51.8 Å². The molecule has 2 aromatic rings. The van der Waals surface area contributed by atoms with Gasteiger partial charge in [0, 0.05) is 17.2 Å². The largest absolute Gasteiger partial charge is 0.455 e. The van der Waals surface area contributed by atoms with Gasteiger partial charge in [-0.15, -0.1) is 5.10 Å². The van der Waals surface area contributed by atoms with E-state index in [0.717, 1.165) is 5.56 Å². The van der Waals surface area contributed by atoms with Crippen LogP contribution in [0.2, 0.25) is 0 Å². The molecule has 1 aromatic heterocycles. The van der Waals surface area contributed by atoms with E-state index in [4.69, 9.17) is 4.42 Å². The van der Waals surface area contributed by atoms with Gasteiger partial charge in [-0.1, -0.05) is 11.8 Å². The van der Waals surface area contributed by atoms with Crippen molar-refractivity contribution >= 4 is 34.7 Å². The van der Waals surface area contributed by atoms with Crippen LogP contribution in [0.15, 0.2) is 45.0 Å². The van der Waals surface area contributed by atoms with Crippen molar-refractivity contribution < 1.29 is 14.1 Å². The predicted molar refractivity (Wildman–Crippen MR) is 91.2 cm³/mol. The van der Waals surface area contributed by atoms with Crippen molar-refractivity contribution in [2.75, 3.05) is 5.75 Å². The molecule has 0 unspecified atom stereocenters. The highest BCUT2D eigenvalue weighted by atomic mass is 32.2. The molecule has 0 bridgehead atoms. The van der Waals surface area contributed by atoms with Gasteiger partial charge in [0.05, 0.1) is 16.9 Å². The third kappa shape index (κ3) is 3.51. The molecule has 3 rings (SSSR count). The minimum atomic E-state index is -0.418. The zero-order valence-electron chi connectivity index (χ0n) is 12.6. The van der Waals surface area contributed by atoms with Gasteiger partial charge in [-0.25, -0.2) is 0 Å². The maximum absolute atomic E-state index is 11.0. The fourth-order valence-electron chi connectivity index (χ4n) is 2.11. The van der Waals surface area contributed by atoms with Gasteiger partial charge in [-0.2, -0.15) is 5.10 Å². The Kier molecular flexibility index (Phi) is 4.43. The van der Waals surface area contributed by atoms with E-state index in [2.05, 4.69) is 15.5 Å². The molecule has 0 atom stereocenters. The minimum Gasteiger partial charge on any atom is -0.455 e. The Labute approximate surface area is 140 Å². The van der Waals surface area contributed by atoms with Crippen LogP contribution in [-0.4, -0.2) is 28.0 Å². The van der Waals surface area contributed by atoms with E-state index < -0.39 is 4.92 Å². The zero-order chi connectivity index (χ0) is 17.1. The van der Waals surface area contributed by atoms with Gasteiger partial charge in [0.15, 0.2) is 5.17 Å². The summed E-state index contributed by atoms with van der Waals surface area (Å²) in [6, 6.07) is 8.25. The number of carbonyl (C=O) groups excluding carboxylic acids is 1. The maximum Gasteiger partial charge on any atom is 0.272 e. The lowest BCUT2D eigenvalue weighted by Gasteiger charge is -2.00. The fourth-order valence-corrected chi connectivity index (χ4v) is 2.74. The van der Waals surface area contributed by atoms with Crippen LogP contribution < -0.4 is 5.32 Å². The smallest absolute Gasteiger partial charge is 0.272 e. The van der Waals surface area contributed by atoms with Crippen molar-refractivity contribution in [1.82, 2.24) is 5.32 Å². The molecule has 1 aliphatic heterocycles. The van der Waals surface area contributed by atoms with Crippen LogP contribution in [0.4, 0.5) is 5.69 Å². The van der Waals surface area contributed by atoms with Crippen LogP contribution >= 0.6 is 11.8 Å². The van der Waals surface area contributed by atoms with E-state index >= 15 is 0 Å². The molecule has 0 spiro atoms. The molecule has 24 heavy (non-hydrogen) atoms. The molecule has 122 valence electrons. The first kappa shape index (κ1) is 15.9. The standard InChI is InChI=1S/C15H12N4O4S/c1-9-6-10(2-4-12(9)19(21)22)13-5-3-11(23-13)7-16-18-15-17-14(20)8-24-15/h2-7H,8H2,1H3,(H,17,18,20). The highest BCUT2D eigenvalue weighted by Crippen LogP contribution is 2.27. The number of carbonyl (C=O) groups is 1. The Morgan fingerprint density at radius 2 is 2.21 bits per heavy atom. The number of nitrogens with zero attached hydrogens (tertiary/aromatic N) is 3. The Morgan fingerprint density at radius 3 is 2.88 bits per heavy atom. The molecule has 9 heteroatoms. The van der Waals surface area contributed by atoms with Crippen molar-refractivity contribution in [1.29, 1.82) is 0 Å². The third-order valence-corrected chi connectivity index (χ3v) is 4.09. The molecule has 8 nitrogen and oxygen atoms in total. The summed E-state index contributed by atoms with van der Waals surface area (Å²) < 4.78 is 5.63. The molecule has 1 N–H and O–H groups in total. The Morgan fingerprint density at radius 1 is 1.38 bits per heavy atom. The lowest BCUT2D eigenvalue weighted by atomic mass is 10.1. The summed E-state index contributed by atoms with van der Waals surface area (Å²) in [5, 5.41) is 21.6. The molecule has 2 heterocycles. The maximum atomic E-state index is 11.0.